The molecule has 2 rings (SSSR count). The first-order valence-electron chi connectivity index (χ1n) is 6.11. The maximum atomic E-state index is 12.3. The smallest absolute Gasteiger partial charge is 0.223 e. The van der Waals surface area contributed by atoms with Crippen molar-refractivity contribution in [3.8, 4) is 0 Å². The molecule has 1 aromatic rings. The maximum absolute atomic E-state index is 12.3. The van der Waals surface area contributed by atoms with Gasteiger partial charge in [-0.1, -0.05) is 19.4 Å². The molecule has 0 spiro atoms. The van der Waals surface area contributed by atoms with E-state index in [4.69, 9.17) is 0 Å². The van der Waals surface area contributed by atoms with Gasteiger partial charge in [-0.25, -0.2) is 0 Å². The second-order valence-electron chi connectivity index (χ2n) is 4.34. The summed E-state index contributed by atoms with van der Waals surface area (Å²) in [6, 6.07) is 3.48. The van der Waals surface area contributed by atoms with Crippen molar-refractivity contribution in [2.24, 2.45) is 0 Å². The van der Waals surface area contributed by atoms with Crippen molar-refractivity contribution in [3.63, 3.8) is 0 Å². The van der Waals surface area contributed by atoms with Gasteiger partial charge < -0.3 is 4.90 Å². The Morgan fingerprint density at radius 3 is 2.94 bits per heavy atom. The Morgan fingerprint density at radius 2 is 2.41 bits per heavy atom. The number of carbonyl (C=O) groups excluding carboxylic acids is 2. The van der Waals surface area contributed by atoms with E-state index in [1.165, 1.54) is 11.3 Å². The summed E-state index contributed by atoms with van der Waals surface area (Å²) in [6.45, 7) is 2.79. The second-order valence-corrected chi connectivity index (χ2v) is 5.28. The van der Waals surface area contributed by atoms with Gasteiger partial charge in [0.1, 0.15) is 0 Å². The van der Waals surface area contributed by atoms with Crippen molar-refractivity contribution < 1.29 is 9.59 Å². The number of hydrogen-bond acceptors (Lipinski definition) is 3. The van der Waals surface area contributed by atoms with Gasteiger partial charge in [-0.2, -0.15) is 0 Å². The molecule has 1 aliphatic heterocycles. The number of nitrogens with zero attached hydrogens (tertiary/aromatic N) is 1. The first-order valence-corrected chi connectivity index (χ1v) is 6.99. The van der Waals surface area contributed by atoms with Gasteiger partial charge in [0.25, 0.3) is 0 Å². The summed E-state index contributed by atoms with van der Waals surface area (Å²) >= 11 is 1.46. The minimum absolute atomic E-state index is 0.108. The molecule has 2 heterocycles. The fourth-order valence-corrected chi connectivity index (χ4v) is 3.00. The predicted molar refractivity (Wildman–Crippen MR) is 68.3 cm³/mol. The zero-order valence-corrected chi connectivity index (χ0v) is 10.8. The molecule has 1 aromatic heterocycles. The third-order valence-corrected chi connectivity index (χ3v) is 4.00. The molecular formula is C13H17NO2S. The topological polar surface area (TPSA) is 37.4 Å². The zero-order valence-electron chi connectivity index (χ0n) is 10.0. The van der Waals surface area contributed by atoms with Crippen LogP contribution in [0.25, 0.3) is 0 Å². The molecule has 1 fully saturated rings. The normalized spacial score (nSPS) is 17.5. The number of rotatable bonds is 5. The lowest BCUT2D eigenvalue weighted by molar-refractivity contribution is -0.129. The third kappa shape index (κ3) is 2.57. The van der Waals surface area contributed by atoms with Crippen molar-refractivity contribution in [1.29, 1.82) is 0 Å². The van der Waals surface area contributed by atoms with Crippen LogP contribution in [0.15, 0.2) is 17.5 Å². The Labute approximate surface area is 105 Å². The molecule has 17 heavy (non-hydrogen) atoms. The zero-order chi connectivity index (χ0) is 12.3. The number of Topliss-reactive ketones (excluding diaryl/α,β-unsaturated/α-hetero) is 1. The van der Waals surface area contributed by atoms with E-state index in [2.05, 4.69) is 6.92 Å². The summed E-state index contributed by atoms with van der Waals surface area (Å²) in [7, 11) is 0. The molecule has 1 amide bonds. The molecule has 0 N–H and O–H groups in total. The number of thiophene rings is 1. The van der Waals surface area contributed by atoms with Crippen LogP contribution in [0.3, 0.4) is 0 Å². The highest BCUT2D eigenvalue weighted by atomic mass is 32.1. The van der Waals surface area contributed by atoms with Crippen molar-refractivity contribution in [2.45, 2.75) is 38.6 Å². The molecule has 1 atom stereocenters. The van der Waals surface area contributed by atoms with Gasteiger partial charge in [-0.15, -0.1) is 11.3 Å². The van der Waals surface area contributed by atoms with Gasteiger partial charge in [-0.3, -0.25) is 9.59 Å². The van der Waals surface area contributed by atoms with Gasteiger partial charge in [0.2, 0.25) is 5.91 Å². The van der Waals surface area contributed by atoms with E-state index < -0.39 is 0 Å². The van der Waals surface area contributed by atoms with Crippen LogP contribution in [0, 0.1) is 0 Å². The minimum Gasteiger partial charge on any atom is -0.332 e. The Kier molecular flexibility index (Phi) is 3.94. The molecule has 3 nitrogen and oxygen atoms in total. The van der Waals surface area contributed by atoms with Crippen LogP contribution in [0.5, 0.6) is 0 Å². The number of carbonyl (C=O) groups is 2. The summed E-state index contributed by atoms with van der Waals surface area (Å²) < 4.78 is 0. The van der Waals surface area contributed by atoms with Crippen LogP contribution >= 0.6 is 11.3 Å². The van der Waals surface area contributed by atoms with Crippen LogP contribution < -0.4 is 0 Å². The molecule has 0 bridgehead atoms. The molecule has 0 aromatic carbocycles. The molecule has 0 aliphatic carbocycles. The quantitative estimate of drug-likeness (QED) is 0.755. The van der Waals surface area contributed by atoms with Crippen LogP contribution in [-0.2, 0) is 4.79 Å². The minimum atomic E-state index is -0.242. The Hall–Kier alpha value is -1.16. The number of ketones is 1. The highest BCUT2D eigenvalue weighted by molar-refractivity contribution is 7.12. The average molecular weight is 251 g/mol. The highest BCUT2D eigenvalue weighted by Gasteiger charge is 2.32. The van der Waals surface area contributed by atoms with Crippen LogP contribution in [0.1, 0.15) is 42.3 Å². The summed E-state index contributed by atoms with van der Waals surface area (Å²) in [5.74, 6) is 0.241. The maximum Gasteiger partial charge on any atom is 0.223 e. The molecule has 4 heteroatoms. The van der Waals surface area contributed by atoms with Crippen molar-refractivity contribution >= 4 is 23.0 Å². The lowest BCUT2D eigenvalue weighted by Gasteiger charge is -2.25. The third-order valence-electron chi connectivity index (χ3n) is 3.12. The number of likely N-dealkylation sites (tertiary alicyclic amines) is 1. The second kappa shape index (κ2) is 5.45. The molecule has 1 unspecified atom stereocenters. The summed E-state index contributed by atoms with van der Waals surface area (Å²) in [4.78, 5) is 26.6. The summed E-state index contributed by atoms with van der Waals surface area (Å²) in [5.41, 5.74) is 0. The summed E-state index contributed by atoms with van der Waals surface area (Å²) in [5, 5.41) is 1.90. The van der Waals surface area contributed by atoms with E-state index in [9.17, 15) is 9.59 Å². The SMILES string of the molecule is CCCC(C(=O)c1cccs1)N1CCCC1=O. The lowest BCUT2D eigenvalue weighted by Crippen LogP contribution is -2.41. The van der Waals surface area contributed by atoms with E-state index in [1.807, 2.05) is 17.5 Å². The van der Waals surface area contributed by atoms with Crippen LogP contribution in [-0.4, -0.2) is 29.2 Å². The van der Waals surface area contributed by atoms with E-state index in [-0.39, 0.29) is 17.7 Å². The molecule has 1 saturated heterocycles. The largest absolute Gasteiger partial charge is 0.332 e. The average Bonchev–Trinajstić information content (AvgIpc) is 2.96. The molecule has 92 valence electrons. The standard InChI is InChI=1S/C13H17NO2S/c1-2-5-10(14-8-3-7-12(14)15)13(16)11-6-4-9-17-11/h4,6,9-10H,2-3,5,7-8H2,1H3. The van der Waals surface area contributed by atoms with Crippen LogP contribution in [0.4, 0.5) is 0 Å². The van der Waals surface area contributed by atoms with Gasteiger partial charge in [0.15, 0.2) is 5.78 Å². The molecular weight excluding hydrogens is 234 g/mol. The fraction of sp³-hybridized carbons (Fsp3) is 0.538. The van der Waals surface area contributed by atoms with Gasteiger partial charge in [0, 0.05) is 13.0 Å². The van der Waals surface area contributed by atoms with Crippen LogP contribution in [0.2, 0.25) is 0 Å². The molecule has 0 radical (unpaired) electrons. The van der Waals surface area contributed by atoms with E-state index in [0.29, 0.717) is 6.42 Å². The Morgan fingerprint density at radius 1 is 1.59 bits per heavy atom. The highest BCUT2D eigenvalue weighted by Crippen LogP contribution is 2.22. The van der Waals surface area contributed by atoms with Crippen molar-refractivity contribution in [2.75, 3.05) is 6.54 Å². The predicted octanol–water partition coefficient (Wildman–Crippen LogP) is 2.72. The lowest BCUT2D eigenvalue weighted by atomic mass is 10.0. The first kappa shape index (κ1) is 12.3. The van der Waals surface area contributed by atoms with E-state index in [1.54, 1.807) is 4.90 Å². The molecule has 1 aliphatic rings. The Bertz CT molecular complexity index is 400. The molecule has 0 saturated carbocycles. The Balaban J connectivity index is 2.17. The van der Waals surface area contributed by atoms with E-state index in [0.717, 1.165) is 30.7 Å². The van der Waals surface area contributed by atoms with Gasteiger partial charge in [0.05, 0.1) is 10.9 Å². The fourth-order valence-electron chi connectivity index (χ4n) is 2.28. The van der Waals surface area contributed by atoms with Gasteiger partial charge >= 0.3 is 0 Å². The monoisotopic (exact) mass is 251 g/mol. The summed E-state index contributed by atoms with van der Waals surface area (Å²) in [6.07, 6.45) is 3.17. The van der Waals surface area contributed by atoms with E-state index >= 15 is 0 Å². The number of hydrogen-bond donors (Lipinski definition) is 0. The number of amides is 1. The first-order chi connectivity index (χ1) is 8.24. The van der Waals surface area contributed by atoms with Crippen molar-refractivity contribution in [3.05, 3.63) is 22.4 Å². The van der Waals surface area contributed by atoms with Gasteiger partial charge in [-0.05, 0) is 24.3 Å². The van der Waals surface area contributed by atoms with Crippen molar-refractivity contribution in [1.82, 2.24) is 4.90 Å².